The molecule has 126 valence electrons. The Morgan fingerprint density at radius 3 is 2.44 bits per heavy atom. The number of hydrogen-bond donors (Lipinski definition) is 2. The van der Waals surface area contributed by atoms with Crippen LogP contribution in [-0.4, -0.2) is 22.0 Å². The Kier molecular flexibility index (Phi) is 5.06. The topological polar surface area (TPSA) is 88.5 Å². The highest BCUT2D eigenvalue weighted by Crippen LogP contribution is 2.18. The van der Waals surface area contributed by atoms with E-state index in [4.69, 9.17) is 9.84 Å². The minimum atomic E-state index is -1.13. The molecule has 3 aromatic rings. The lowest BCUT2D eigenvalue weighted by Crippen LogP contribution is -2.12. The van der Waals surface area contributed by atoms with E-state index in [1.807, 2.05) is 30.3 Å². The molecule has 3 rings (SSSR count). The van der Waals surface area contributed by atoms with Crippen LogP contribution < -0.4 is 10.1 Å². The maximum atomic E-state index is 12.2. The van der Waals surface area contributed by atoms with Gasteiger partial charge in [-0.25, -0.2) is 9.78 Å². The van der Waals surface area contributed by atoms with Crippen LogP contribution in [0.2, 0.25) is 0 Å². The number of anilines is 1. The van der Waals surface area contributed by atoms with Gasteiger partial charge >= 0.3 is 5.97 Å². The standard InChI is InChI=1S/C18H14N2O4S/c21-16(20-18-19-15(11-25-18)17(22)23)13-6-8-14(9-7-13)24-10-12-4-2-1-3-5-12/h1-9,11H,10H2,(H,22,23)(H,19,20,21). The van der Waals surface area contributed by atoms with Crippen molar-refractivity contribution in [2.45, 2.75) is 6.61 Å². The molecular formula is C18H14N2O4S. The molecule has 0 fully saturated rings. The number of rotatable bonds is 6. The quantitative estimate of drug-likeness (QED) is 0.705. The molecule has 1 heterocycles. The number of nitrogens with zero attached hydrogens (tertiary/aromatic N) is 1. The molecule has 25 heavy (non-hydrogen) atoms. The zero-order valence-electron chi connectivity index (χ0n) is 13.0. The van der Waals surface area contributed by atoms with E-state index in [0.29, 0.717) is 17.9 Å². The first-order valence-electron chi connectivity index (χ1n) is 7.39. The summed E-state index contributed by atoms with van der Waals surface area (Å²) >= 11 is 1.06. The number of benzene rings is 2. The molecule has 1 aromatic heterocycles. The lowest BCUT2D eigenvalue weighted by atomic mass is 10.2. The fraction of sp³-hybridized carbons (Fsp3) is 0.0556. The molecule has 0 aliphatic heterocycles. The zero-order chi connectivity index (χ0) is 17.6. The number of amides is 1. The molecule has 0 saturated carbocycles. The monoisotopic (exact) mass is 354 g/mol. The van der Waals surface area contributed by atoms with Gasteiger partial charge in [-0.3, -0.25) is 10.1 Å². The van der Waals surface area contributed by atoms with Crippen molar-refractivity contribution < 1.29 is 19.4 Å². The summed E-state index contributed by atoms with van der Waals surface area (Å²) in [6, 6.07) is 16.5. The van der Waals surface area contributed by atoms with Crippen LogP contribution in [-0.2, 0) is 6.61 Å². The normalized spacial score (nSPS) is 10.2. The summed E-state index contributed by atoms with van der Waals surface area (Å²) in [4.78, 5) is 26.8. The highest BCUT2D eigenvalue weighted by Gasteiger charge is 2.12. The van der Waals surface area contributed by atoms with Gasteiger partial charge in [-0.15, -0.1) is 11.3 Å². The van der Waals surface area contributed by atoms with E-state index in [1.165, 1.54) is 5.38 Å². The van der Waals surface area contributed by atoms with Crippen molar-refractivity contribution >= 4 is 28.3 Å². The van der Waals surface area contributed by atoms with Gasteiger partial charge < -0.3 is 9.84 Å². The van der Waals surface area contributed by atoms with E-state index in [2.05, 4.69) is 10.3 Å². The first-order valence-corrected chi connectivity index (χ1v) is 8.27. The Morgan fingerprint density at radius 1 is 1.08 bits per heavy atom. The average Bonchev–Trinajstić information content (AvgIpc) is 3.10. The fourth-order valence-corrected chi connectivity index (χ4v) is 2.72. The largest absolute Gasteiger partial charge is 0.489 e. The molecule has 6 nitrogen and oxygen atoms in total. The summed E-state index contributed by atoms with van der Waals surface area (Å²) in [6.45, 7) is 0.448. The van der Waals surface area contributed by atoms with Crippen LogP contribution in [0.3, 0.4) is 0 Å². The Labute approximate surface area is 147 Å². The van der Waals surface area contributed by atoms with Gasteiger partial charge in [0.25, 0.3) is 5.91 Å². The van der Waals surface area contributed by atoms with Crippen LogP contribution >= 0.6 is 11.3 Å². The minimum absolute atomic E-state index is 0.0926. The number of aromatic nitrogens is 1. The van der Waals surface area contributed by atoms with Crippen molar-refractivity contribution in [2.75, 3.05) is 5.32 Å². The second-order valence-corrected chi connectivity index (χ2v) is 5.95. The number of aromatic carboxylic acids is 1. The van der Waals surface area contributed by atoms with Crippen molar-refractivity contribution in [1.29, 1.82) is 0 Å². The molecule has 0 spiro atoms. The number of thiazole rings is 1. The van der Waals surface area contributed by atoms with Crippen molar-refractivity contribution in [1.82, 2.24) is 4.98 Å². The van der Waals surface area contributed by atoms with Gasteiger partial charge in [-0.05, 0) is 29.8 Å². The average molecular weight is 354 g/mol. The number of carbonyl (C=O) groups is 2. The second kappa shape index (κ2) is 7.59. The molecule has 2 aromatic carbocycles. The molecule has 0 unspecified atom stereocenters. The number of carboxylic acid groups (broad SMARTS) is 1. The van der Waals surface area contributed by atoms with Crippen LogP contribution in [0, 0.1) is 0 Å². The molecule has 0 atom stereocenters. The second-order valence-electron chi connectivity index (χ2n) is 5.10. The number of carboxylic acids is 1. The molecule has 7 heteroatoms. The Hall–Kier alpha value is -3.19. The Bertz CT molecular complexity index is 876. The van der Waals surface area contributed by atoms with Gasteiger partial charge in [0.05, 0.1) is 0 Å². The van der Waals surface area contributed by atoms with E-state index in [0.717, 1.165) is 16.9 Å². The maximum Gasteiger partial charge on any atom is 0.355 e. The van der Waals surface area contributed by atoms with E-state index >= 15 is 0 Å². The molecule has 0 radical (unpaired) electrons. The van der Waals surface area contributed by atoms with Gasteiger partial charge in [-0.2, -0.15) is 0 Å². The maximum absolute atomic E-state index is 12.2. The van der Waals surface area contributed by atoms with Gasteiger partial charge in [0.1, 0.15) is 12.4 Å². The van der Waals surface area contributed by atoms with Crippen LogP contribution in [0.4, 0.5) is 5.13 Å². The van der Waals surface area contributed by atoms with E-state index in [-0.39, 0.29) is 16.7 Å². The van der Waals surface area contributed by atoms with Crippen LogP contribution in [0.15, 0.2) is 60.0 Å². The molecule has 2 N–H and O–H groups in total. The van der Waals surface area contributed by atoms with Crippen LogP contribution in [0.1, 0.15) is 26.4 Å². The SMILES string of the molecule is O=C(Nc1nc(C(=O)O)cs1)c1ccc(OCc2ccccc2)cc1. The van der Waals surface area contributed by atoms with Crippen molar-refractivity contribution in [2.24, 2.45) is 0 Å². The number of hydrogen-bond acceptors (Lipinski definition) is 5. The van der Waals surface area contributed by atoms with Gasteiger partial charge in [0.15, 0.2) is 10.8 Å². The van der Waals surface area contributed by atoms with Crippen molar-refractivity contribution in [3.63, 3.8) is 0 Å². The first kappa shape index (κ1) is 16.7. The van der Waals surface area contributed by atoms with Gasteiger partial charge in [-0.1, -0.05) is 30.3 Å². The zero-order valence-corrected chi connectivity index (χ0v) is 13.8. The Balaban J connectivity index is 1.59. The van der Waals surface area contributed by atoms with E-state index in [9.17, 15) is 9.59 Å². The number of nitrogens with one attached hydrogen (secondary N) is 1. The third-order valence-electron chi connectivity index (χ3n) is 3.31. The predicted octanol–water partition coefficient (Wildman–Crippen LogP) is 3.67. The lowest BCUT2D eigenvalue weighted by Gasteiger charge is -2.07. The smallest absolute Gasteiger partial charge is 0.355 e. The lowest BCUT2D eigenvalue weighted by molar-refractivity contribution is 0.0691. The first-order chi connectivity index (χ1) is 12.1. The Morgan fingerprint density at radius 2 is 1.80 bits per heavy atom. The van der Waals surface area contributed by atoms with Crippen LogP contribution in [0.5, 0.6) is 5.75 Å². The van der Waals surface area contributed by atoms with Gasteiger partial charge in [0.2, 0.25) is 0 Å². The van der Waals surface area contributed by atoms with E-state index < -0.39 is 5.97 Å². The molecule has 0 bridgehead atoms. The number of carbonyl (C=O) groups excluding carboxylic acids is 1. The molecule has 0 aliphatic carbocycles. The summed E-state index contributed by atoms with van der Waals surface area (Å²) in [5.74, 6) is -0.833. The summed E-state index contributed by atoms with van der Waals surface area (Å²) in [5.41, 5.74) is 1.39. The summed E-state index contributed by atoms with van der Waals surface area (Å²) in [7, 11) is 0. The highest BCUT2D eigenvalue weighted by molar-refractivity contribution is 7.14. The molecule has 1 amide bonds. The summed E-state index contributed by atoms with van der Waals surface area (Å²) in [6.07, 6.45) is 0. The third kappa shape index (κ3) is 4.42. The highest BCUT2D eigenvalue weighted by atomic mass is 32.1. The minimum Gasteiger partial charge on any atom is -0.489 e. The predicted molar refractivity (Wildman–Crippen MR) is 94.2 cm³/mol. The summed E-state index contributed by atoms with van der Waals surface area (Å²) < 4.78 is 5.67. The van der Waals surface area contributed by atoms with E-state index in [1.54, 1.807) is 24.3 Å². The third-order valence-corrected chi connectivity index (χ3v) is 4.07. The van der Waals surface area contributed by atoms with Crippen molar-refractivity contribution in [3.05, 3.63) is 76.8 Å². The van der Waals surface area contributed by atoms with Crippen molar-refractivity contribution in [3.8, 4) is 5.75 Å². The summed E-state index contributed by atoms with van der Waals surface area (Å²) in [5, 5.41) is 13.0. The van der Waals surface area contributed by atoms with Gasteiger partial charge in [0, 0.05) is 10.9 Å². The molecular weight excluding hydrogens is 340 g/mol. The number of ether oxygens (including phenoxy) is 1. The fourth-order valence-electron chi connectivity index (χ4n) is 2.04. The molecule has 0 saturated heterocycles. The van der Waals surface area contributed by atoms with Crippen LogP contribution in [0.25, 0.3) is 0 Å². The molecule has 0 aliphatic rings.